The van der Waals surface area contributed by atoms with Crippen LogP contribution >= 0.6 is 11.6 Å². The summed E-state index contributed by atoms with van der Waals surface area (Å²) in [5.41, 5.74) is -1.23. The predicted molar refractivity (Wildman–Crippen MR) is 129 cm³/mol. The van der Waals surface area contributed by atoms with Gasteiger partial charge in [0.1, 0.15) is 30.6 Å². The van der Waals surface area contributed by atoms with Gasteiger partial charge in [0.25, 0.3) is 0 Å². The number of rotatable bonds is 6. The fourth-order valence-corrected chi connectivity index (χ4v) is 3.78. The van der Waals surface area contributed by atoms with Crippen molar-refractivity contribution in [1.29, 1.82) is 0 Å². The van der Waals surface area contributed by atoms with Crippen LogP contribution in [0.5, 0.6) is 0 Å². The summed E-state index contributed by atoms with van der Waals surface area (Å²) in [6.45, 7) is 5.19. The molecule has 194 valence electrons. The van der Waals surface area contributed by atoms with Crippen molar-refractivity contribution in [2.45, 2.75) is 39.1 Å². The summed E-state index contributed by atoms with van der Waals surface area (Å²) in [7, 11) is 1.65. The lowest BCUT2D eigenvalue weighted by atomic mass is 10.1. The number of anilines is 2. The third-order valence-corrected chi connectivity index (χ3v) is 5.51. The molecule has 0 saturated heterocycles. The minimum absolute atomic E-state index is 0.0999. The summed E-state index contributed by atoms with van der Waals surface area (Å²) >= 11 is 6.02. The van der Waals surface area contributed by atoms with E-state index < -0.39 is 23.9 Å². The number of amides is 1. The molecule has 0 bridgehead atoms. The van der Waals surface area contributed by atoms with Crippen LogP contribution in [0.1, 0.15) is 38.2 Å². The molecule has 1 atom stereocenters. The Hall–Kier alpha value is -4.07. The first-order valence-corrected chi connectivity index (χ1v) is 11.3. The van der Waals surface area contributed by atoms with Crippen molar-refractivity contribution in [2.24, 2.45) is 0 Å². The van der Waals surface area contributed by atoms with Crippen molar-refractivity contribution in [3.05, 3.63) is 53.6 Å². The average molecular weight is 536 g/mol. The Labute approximate surface area is 213 Å². The number of alkyl halides is 3. The van der Waals surface area contributed by atoms with E-state index in [1.54, 1.807) is 32.7 Å². The van der Waals surface area contributed by atoms with Crippen molar-refractivity contribution in [3.63, 3.8) is 0 Å². The first kappa shape index (κ1) is 26.0. The summed E-state index contributed by atoms with van der Waals surface area (Å²) in [6.07, 6.45) is -2.05. The summed E-state index contributed by atoms with van der Waals surface area (Å²) in [4.78, 5) is 34.2. The summed E-state index contributed by atoms with van der Waals surface area (Å²) in [5.74, 6) is 1.06. The molecule has 0 aliphatic heterocycles. The summed E-state index contributed by atoms with van der Waals surface area (Å²) in [5, 5.41) is 6.75. The molecule has 0 spiro atoms. The first-order chi connectivity index (χ1) is 17.5. The van der Waals surface area contributed by atoms with Gasteiger partial charge in [-0.25, -0.2) is 29.7 Å². The van der Waals surface area contributed by atoms with Gasteiger partial charge in [-0.15, -0.1) is 0 Å². The Morgan fingerprint density at radius 1 is 1.05 bits per heavy atom. The molecule has 1 N–H and O–H groups in total. The quantitative estimate of drug-likeness (QED) is 0.369. The molecular weight excluding hydrogens is 515 g/mol. The molecule has 11 nitrogen and oxygen atoms in total. The van der Waals surface area contributed by atoms with Crippen LogP contribution in [0.4, 0.5) is 29.6 Å². The molecular formula is C22H21ClF3N9O2. The zero-order valence-corrected chi connectivity index (χ0v) is 20.8. The average Bonchev–Trinajstić information content (AvgIpc) is 3.31. The highest BCUT2D eigenvalue weighted by Crippen LogP contribution is 2.39. The second kappa shape index (κ2) is 10.1. The Kier molecular flexibility index (Phi) is 7.12. The molecule has 0 aliphatic carbocycles. The van der Waals surface area contributed by atoms with Crippen LogP contribution < -0.4 is 10.2 Å². The van der Waals surface area contributed by atoms with E-state index >= 15 is 0 Å². The maximum Gasteiger partial charge on any atom is 0.418 e. The minimum atomic E-state index is -4.65. The SMILES string of the molecule is CC(C)OC(=O)Nc1cc(-n2ncnc2[C@H](C)N(C)c2ncnc3c(C(F)(F)F)cc(Cl)cc23)ncn1. The standard InChI is InChI=1S/C22H21ClF3N9O2/c1-11(2)37-21(36)33-16-7-17(28-8-27-16)35-19(31-10-32-35)12(3)34(4)20-14-5-13(23)6-15(22(24,25)26)18(14)29-9-30-20/h5-12H,1-4H3,(H,27,28,33,36)/t12-/m0/s1. The van der Waals surface area contributed by atoms with E-state index in [2.05, 4.69) is 35.3 Å². The number of benzene rings is 1. The van der Waals surface area contributed by atoms with Crippen LogP contribution in [-0.4, -0.2) is 53.9 Å². The highest BCUT2D eigenvalue weighted by atomic mass is 35.5. The number of fused-ring (bicyclic) bond motifs is 1. The zero-order chi connectivity index (χ0) is 26.9. The second-order valence-electron chi connectivity index (χ2n) is 8.20. The second-order valence-corrected chi connectivity index (χ2v) is 8.64. The van der Waals surface area contributed by atoms with Gasteiger partial charge < -0.3 is 9.64 Å². The lowest BCUT2D eigenvalue weighted by molar-refractivity contribution is -0.136. The van der Waals surface area contributed by atoms with E-state index in [1.165, 1.54) is 29.5 Å². The van der Waals surface area contributed by atoms with Crippen LogP contribution in [0.3, 0.4) is 0 Å². The largest absolute Gasteiger partial charge is 0.447 e. The van der Waals surface area contributed by atoms with E-state index in [9.17, 15) is 18.0 Å². The summed E-state index contributed by atoms with van der Waals surface area (Å²) < 4.78 is 47.4. The van der Waals surface area contributed by atoms with Gasteiger partial charge in [0.2, 0.25) is 0 Å². The van der Waals surface area contributed by atoms with Crippen LogP contribution in [0.2, 0.25) is 5.02 Å². The molecule has 1 amide bonds. The molecule has 3 aromatic heterocycles. The number of hydrogen-bond donors (Lipinski definition) is 1. The molecule has 0 radical (unpaired) electrons. The van der Waals surface area contributed by atoms with Crippen LogP contribution in [-0.2, 0) is 10.9 Å². The third-order valence-electron chi connectivity index (χ3n) is 5.29. The Bertz CT molecular complexity index is 1440. The topological polar surface area (TPSA) is 124 Å². The van der Waals surface area contributed by atoms with Gasteiger partial charge in [-0.05, 0) is 32.9 Å². The van der Waals surface area contributed by atoms with Gasteiger partial charge in [-0.3, -0.25) is 5.32 Å². The highest BCUT2D eigenvalue weighted by molar-refractivity contribution is 6.31. The van der Waals surface area contributed by atoms with E-state index in [0.29, 0.717) is 5.82 Å². The molecule has 0 saturated carbocycles. The summed E-state index contributed by atoms with van der Waals surface area (Å²) in [6, 6.07) is 3.14. The highest BCUT2D eigenvalue weighted by Gasteiger charge is 2.35. The fourth-order valence-electron chi connectivity index (χ4n) is 3.56. The van der Waals surface area contributed by atoms with Crippen molar-refractivity contribution in [2.75, 3.05) is 17.3 Å². The van der Waals surface area contributed by atoms with Gasteiger partial charge in [-0.2, -0.15) is 23.0 Å². The van der Waals surface area contributed by atoms with Crippen molar-refractivity contribution in [1.82, 2.24) is 34.7 Å². The zero-order valence-electron chi connectivity index (χ0n) is 20.0. The first-order valence-electron chi connectivity index (χ1n) is 10.9. The minimum Gasteiger partial charge on any atom is -0.447 e. The number of nitrogens with one attached hydrogen (secondary N) is 1. The molecule has 4 rings (SSSR count). The van der Waals surface area contributed by atoms with Gasteiger partial charge in [0.05, 0.1) is 23.2 Å². The molecule has 15 heteroatoms. The molecule has 0 fully saturated rings. The van der Waals surface area contributed by atoms with E-state index in [-0.39, 0.29) is 39.5 Å². The van der Waals surface area contributed by atoms with Crippen LogP contribution in [0.25, 0.3) is 16.7 Å². The van der Waals surface area contributed by atoms with Crippen LogP contribution in [0.15, 0.2) is 37.2 Å². The van der Waals surface area contributed by atoms with Gasteiger partial charge in [0, 0.05) is 23.5 Å². The monoisotopic (exact) mass is 535 g/mol. The molecule has 0 unspecified atom stereocenters. The molecule has 3 heterocycles. The Morgan fingerprint density at radius 3 is 2.49 bits per heavy atom. The lowest BCUT2D eigenvalue weighted by Gasteiger charge is -2.26. The van der Waals surface area contributed by atoms with Crippen molar-refractivity contribution in [3.8, 4) is 5.82 Å². The third kappa shape index (κ3) is 5.53. The predicted octanol–water partition coefficient (Wildman–Crippen LogP) is 4.83. The smallest absolute Gasteiger partial charge is 0.418 e. The normalized spacial score (nSPS) is 12.6. The number of aromatic nitrogens is 7. The fraction of sp³-hybridized carbons (Fsp3) is 0.318. The number of carbonyl (C=O) groups excluding carboxylic acids is 1. The van der Waals surface area contributed by atoms with E-state index in [4.69, 9.17) is 16.3 Å². The van der Waals surface area contributed by atoms with Crippen molar-refractivity contribution < 1.29 is 22.7 Å². The Morgan fingerprint density at radius 2 is 1.78 bits per heavy atom. The Balaban J connectivity index is 1.69. The van der Waals surface area contributed by atoms with Crippen molar-refractivity contribution >= 4 is 40.2 Å². The van der Waals surface area contributed by atoms with E-state index in [0.717, 1.165) is 12.4 Å². The van der Waals surface area contributed by atoms with Gasteiger partial charge >= 0.3 is 12.3 Å². The number of hydrogen-bond acceptors (Lipinski definition) is 9. The van der Waals surface area contributed by atoms with Gasteiger partial charge in [-0.1, -0.05) is 11.6 Å². The number of carbonyl (C=O) groups is 1. The van der Waals surface area contributed by atoms with Gasteiger partial charge in [0.15, 0.2) is 11.6 Å². The number of nitrogens with zero attached hydrogens (tertiary/aromatic N) is 8. The maximum atomic E-state index is 13.6. The molecule has 1 aromatic carbocycles. The lowest BCUT2D eigenvalue weighted by Crippen LogP contribution is -2.26. The maximum absolute atomic E-state index is 13.6. The molecule has 4 aromatic rings. The molecule has 0 aliphatic rings. The van der Waals surface area contributed by atoms with Crippen LogP contribution in [0, 0.1) is 0 Å². The molecule has 37 heavy (non-hydrogen) atoms. The number of halogens is 4. The van der Waals surface area contributed by atoms with E-state index in [1.807, 2.05) is 0 Å². The number of ether oxygens (including phenoxy) is 1.